The van der Waals surface area contributed by atoms with Crippen LogP contribution in [0.25, 0.3) is 23.1 Å². The predicted octanol–water partition coefficient (Wildman–Crippen LogP) is 5.63. The first-order chi connectivity index (χ1) is 19.8. The molecule has 1 amide bonds. The first kappa shape index (κ1) is 30.7. The van der Waals surface area contributed by atoms with Crippen LogP contribution in [0.3, 0.4) is 0 Å². The molecule has 2 heterocycles. The van der Waals surface area contributed by atoms with E-state index in [1.165, 1.54) is 24.9 Å². The van der Waals surface area contributed by atoms with E-state index >= 15 is 0 Å². The summed E-state index contributed by atoms with van der Waals surface area (Å²) in [6.07, 6.45) is 13.8. The second-order valence-electron chi connectivity index (χ2n) is 10.9. The van der Waals surface area contributed by atoms with Crippen molar-refractivity contribution in [1.29, 1.82) is 0 Å². The first-order valence-electron chi connectivity index (χ1n) is 15.0. The molecule has 0 aliphatic carbocycles. The Hall–Kier alpha value is -3.23. The summed E-state index contributed by atoms with van der Waals surface area (Å²) in [7, 11) is -4.17. The summed E-state index contributed by atoms with van der Waals surface area (Å²) in [5.74, 6) is -0.0180. The number of rotatable bonds is 14. The Labute approximate surface area is 245 Å². The largest absolute Gasteiger partial charge is 0.748 e. The van der Waals surface area contributed by atoms with Gasteiger partial charge in [-0.15, -0.1) is 0 Å². The van der Waals surface area contributed by atoms with Crippen LogP contribution in [0.1, 0.15) is 69.4 Å². The van der Waals surface area contributed by atoms with Crippen LogP contribution in [0.2, 0.25) is 0 Å². The molecule has 0 spiro atoms. The van der Waals surface area contributed by atoms with Crippen molar-refractivity contribution in [2.24, 2.45) is 0 Å². The van der Waals surface area contributed by atoms with E-state index in [0.29, 0.717) is 31.7 Å². The second-order valence-corrected chi connectivity index (χ2v) is 12.4. The Kier molecular flexibility index (Phi) is 11.3. The molecule has 0 atom stereocenters. The van der Waals surface area contributed by atoms with Crippen LogP contribution in [0.5, 0.6) is 0 Å². The summed E-state index contributed by atoms with van der Waals surface area (Å²) in [6.45, 7) is 6.16. The van der Waals surface area contributed by atoms with Gasteiger partial charge in [0.25, 0.3) is 0 Å². The van der Waals surface area contributed by atoms with Gasteiger partial charge in [-0.05, 0) is 42.2 Å². The maximum Gasteiger partial charge on any atom is 0.222 e. The van der Waals surface area contributed by atoms with E-state index in [0.717, 1.165) is 61.1 Å². The van der Waals surface area contributed by atoms with Gasteiger partial charge >= 0.3 is 0 Å². The fraction of sp³-hybridized carbons (Fsp3) is 0.455. The van der Waals surface area contributed by atoms with Gasteiger partial charge in [0, 0.05) is 62.6 Å². The van der Waals surface area contributed by atoms with Crippen LogP contribution in [0.4, 0.5) is 5.69 Å². The highest BCUT2D eigenvalue weighted by molar-refractivity contribution is 7.85. The molecule has 1 fully saturated rings. The minimum absolute atomic E-state index is 0.301. The molecular weight excluding hydrogens is 534 g/mol. The van der Waals surface area contributed by atoms with Gasteiger partial charge in [0.15, 0.2) is 6.20 Å². The lowest BCUT2D eigenvalue weighted by Crippen LogP contribution is -2.48. The third-order valence-corrected chi connectivity index (χ3v) is 8.63. The maximum atomic E-state index is 12.6. The summed E-state index contributed by atoms with van der Waals surface area (Å²) >= 11 is 0. The number of hydrogen-bond donors (Lipinski definition) is 0. The number of nitrogens with zero attached hydrogens (tertiary/aromatic N) is 3. The molecule has 4 rings (SSSR count). The monoisotopic (exact) mass is 577 g/mol. The minimum atomic E-state index is -4.17. The van der Waals surface area contributed by atoms with Gasteiger partial charge in [0.2, 0.25) is 11.4 Å². The molecule has 3 aromatic rings. The van der Waals surface area contributed by atoms with Crippen LogP contribution < -0.4 is 9.47 Å². The highest BCUT2D eigenvalue weighted by Crippen LogP contribution is 2.21. The highest BCUT2D eigenvalue weighted by atomic mass is 32.2. The van der Waals surface area contributed by atoms with Crippen LogP contribution in [0.15, 0.2) is 60.8 Å². The highest BCUT2D eigenvalue weighted by Gasteiger charge is 2.21. The number of amides is 1. The summed E-state index contributed by atoms with van der Waals surface area (Å²) in [5.41, 5.74) is 4.48. The number of carbonyl (C=O) groups excluding carboxylic acids is 1. The number of carbonyl (C=O) groups is 1. The predicted molar refractivity (Wildman–Crippen MR) is 165 cm³/mol. The third-order valence-electron chi connectivity index (χ3n) is 7.84. The van der Waals surface area contributed by atoms with Crippen molar-refractivity contribution in [3.8, 4) is 0 Å². The number of hydrogen-bond acceptors (Lipinski definition) is 5. The standard InChI is InChI=1S/C33H43N3O4S/c1-2-3-4-5-6-13-33(37)36-25-23-34(24-26-36)30-18-15-28(16-19-30)14-17-29-20-22-35(21-9-10-27-41(38,39)40)32-12-8-7-11-31(29)32/h7-8,11-12,14-20,22H,2-6,9-10,13,21,23-27H2,1H3. The number of aryl methyl sites for hydroxylation is 1. The average molecular weight is 578 g/mol. The molecule has 0 bridgehead atoms. The fourth-order valence-electron chi connectivity index (χ4n) is 5.44. The molecule has 1 aliphatic heterocycles. The van der Waals surface area contributed by atoms with E-state index < -0.39 is 10.1 Å². The zero-order valence-corrected chi connectivity index (χ0v) is 25.0. The molecule has 41 heavy (non-hydrogen) atoms. The molecule has 2 aromatic carbocycles. The number of benzene rings is 2. The maximum absolute atomic E-state index is 12.6. The quantitative estimate of drug-likeness (QED) is 0.141. The molecule has 0 unspecified atom stereocenters. The Morgan fingerprint density at radius 2 is 1.61 bits per heavy atom. The number of aromatic nitrogens is 1. The number of anilines is 1. The smallest absolute Gasteiger partial charge is 0.222 e. The lowest BCUT2D eigenvalue weighted by atomic mass is 10.1. The van der Waals surface area contributed by atoms with E-state index in [1.807, 2.05) is 23.2 Å². The fourth-order valence-corrected chi connectivity index (χ4v) is 6.00. The zero-order valence-electron chi connectivity index (χ0n) is 24.2. The molecule has 1 aliphatic rings. The van der Waals surface area contributed by atoms with Crippen molar-refractivity contribution < 1.29 is 22.3 Å². The van der Waals surface area contributed by atoms with Crippen LogP contribution in [0, 0.1) is 0 Å². The summed E-state index contributed by atoms with van der Waals surface area (Å²) in [5, 5.41) is 1.12. The van der Waals surface area contributed by atoms with Crippen molar-refractivity contribution >= 4 is 44.8 Å². The van der Waals surface area contributed by atoms with Crippen LogP contribution in [-0.2, 0) is 21.5 Å². The Balaban J connectivity index is 1.31. The normalized spacial score (nSPS) is 14.3. The first-order valence-corrected chi connectivity index (χ1v) is 16.6. The van der Waals surface area contributed by atoms with Crippen molar-refractivity contribution in [2.45, 2.75) is 64.8 Å². The van der Waals surface area contributed by atoms with Crippen molar-refractivity contribution in [3.05, 3.63) is 71.9 Å². The number of unbranched alkanes of at least 4 members (excludes halogenated alkanes) is 5. The van der Waals surface area contributed by atoms with Crippen LogP contribution >= 0.6 is 0 Å². The van der Waals surface area contributed by atoms with Gasteiger partial charge in [-0.25, -0.2) is 8.42 Å². The molecule has 7 nitrogen and oxygen atoms in total. The summed E-state index contributed by atoms with van der Waals surface area (Å²) in [6, 6.07) is 18.8. The lowest BCUT2D eigenvalue weighted by Gasteiger charge is -2.36. The van der Waals surface area contributed by atoms with Gasteiger partial charge in [0.1, 0.15) is 6.54 Å². The van der Waals surface area contributed by atoms with E-state index in [9.17, 15) is 17.8 Å². The van der Waals surface area contributed by atoms with E-state index in [4.69, 9.17) is 0 Å². The van der Waals surface area contributed by atoms with Gasteiger partial charge in [0.05, 0.1) is 15.5 Å². The number of piperazine rings is 1. The third kappa shape index (κ3) is 9.40. The summed E-state index contributed by atoms with van der Waals surface area (Å²) < 4.78 is 34.8. The van der Waals surface area contributed by atoms with E-state index in [-0.39, 0.29) is 5.75 Å². The molecular formula is C33H43N3O4S. The van der Waals surface area contributed by atoms with Crippen LogP contribution in [-0.4, -0.2) is 55.7 Å². The van der Waals surface area contributed by atoms with Gasteiger partial charge in [-0.1, -0.05) is 69.0 Å². The van der Waals surface area contributed by atoms with Gasteiger partial charge < -0.3 is 14.4 Å². The number of fused-ring (bicyclic) bond motifs is 1. The number of pyridine rings is 1. The Morgan fingerprint density at radius 3 is 2.34 bits per heavy atom. The van der Waals surface area contributed by atoms with Gasteiger partial charge in [-0.3, -0.25) is 4.79 Å². The average Bonchev–Trinajstić information content (AvgIpc) is 2.98. The SMILES string of the molecule is CCCCCCCC(=O)N1CCN(c2ccc(/C=C/c3cc[n+](CCCCS(=O)(=O)[O-])c4ccccc34)cc2)CC1. The lowest BCUT2D eigenvalue weighted by molar-refractivity contribution is -0.671. The number of para-hydroxylation sites is 1. The Bertz CT molecular complexity index is 1410. The molecule has 0 saturated carbocycles. The van der Waals surface area contributed by atoms with Gasteiger partial charge in [-0.2, -0.15) is 4.57 Å². The minimum Gasteiger partial charge on any atom is -0.748 e. The molecule has 1 aromatic heterocycles. The molecule has 0 N–H and O–H groups in total. The second kappa shape index (κ2) is 15.1. The Morgan fingerprint density at radius 1 is 0.878 bits per heavy atom. The molecule has 220 valence electrons. The van der Waals surface area contributed by atoms with Crippen molar-refractivity contribution in [3.63, 3.8) is 0 Å². The molecule has 8 heteroatoms. The molecule has 0 radical (unpaired) electrons. The zero-order chi connectivity index (χ0) is 29.1. The van der Waals surface area contributed by atoms with Crippen molar-refractivity contribution in [2.75, 3.05) is 36.8 Å². The van der Waals surface area contributed by atoms with Crippen molar-refractivity contribution in [1.82, 2.24) is 4.90 Å². The molecule has 1 saturated heterocycles. The topological polar surface area (TPSA) is 84.6 Å². The summed E-state index contributed by atoms with van der Waals surface area (Å²) in [4.78, 5) is 16.9. The van der Waals surface area contributed by atoms with E-state index in [2.05, 4.69) is 71.0 Å². The van der Waals surface area contributed by atoms with E-state index in [1.54, 1.807) is 0 Å².